The van der Waals surface area contributed by atoms with Crippen LogP contribution in [0.1, 0.15) is 11.1 Å². The van der Waals surface area contributed by atoms with Crippen LogP contribution in [0.4, 0.5) is 0 Å². The van der Waals surface area contributed by atoms with E-state index in [4.69, 9.17) is 0 Å². The Morgan fingerprint density at radius 2 is 1.79 bits per heavy atom. The van der Waals surface area contributed by atoms with E-state index in [1.807, 2.05) is 0 Å². The van der Waals surface area contributed by atoms with E-state index in [0.29, 0.717) is 0 Å². The van der Waals surface area contributed by atoms with Gasteiger partial charge in [-0.05, 0) is 30.5 Å². The summed E-state index contributed by atoms with van der Waals surface area (Å²) in [6.07, 6.45) is 8.99. The van der Waals surface area contributed by atoms with Gasteiger partial charge in [-0.25, -0.2) is 0 Å². The van der Waals surface area contributed by atoms with Gasteiger partial charge in [-0.2, -0.15) is 0 Å². The number of aryl methyl sites for hydroxylation is 1. The maximum atomic E-state index is 2.33. The zero-order chi connectivity index (χ0) is 9.97. The first-order chi connectivity index (χ1) is 6.77. The number of hydrogen-bond acceptors (Lipinski definition) is 0. The van der Waals surface area contributed by atoms with Crippen molar-refractivity contribution in [1.29, 1.82) is 0 Å². The van der Waals surface area contributed by atoms with Crippen molar-refractivity contribution >= 4 is 14.7 Å². The van der Waals surface area contributed by atoms with Gasteiger partial charge in [0.15, 0.2) is 0 Å². The van der Waals surface area contributed by atoms with Gasteiger partial charge in [-0.1, -0.05) is 47.7 Å². The molecule has 1 aromatic rings. The van der Waals surface area contributed by atoms with Crippen LogP contribution in [0.3, 0.4) is 0 Å². The molecule has 0 N–H and O–H groups in total. The van der Waals surface area contributed by atoms with Gasteiger partial charge in [0.25, 0.3) is 0 Å². The van der Waals surface area contributed by atoms with E-state index in [1.165, 1.54) is 11.1 Å². The Morgan fingerprint density at radius 3 is 2.50 bits per heavy atom. The van der Waals surface area contributed by atoms with E-state index in [2.05, 4.69) is 56.4 Å². The standard InChI is InChI=1S/C13H16Si/c1-10-6-5-9-13(11(10)2)14-12-7-3-4-8-12/h3-9,12H,14H2,1-2H3. The molecule has 72 valence electrons. The molecule has 1 heteroatoms. The molecule has 0 saturated carbocycles. The minimum Gasteiger partial charge on any atom is -0.0806 e. The third kappa shape index (κ3) is 1.88. The summed E-state index contributed by atoms with van der Waals surface area (Å²) in [6, 6.07) is 6.69. The van der Waals surface area contributed by atoms with Gasteiger partial charge in [0.05, 0.1) is 9.52 Å². The zero-order valence-corrected chi connectivity index (χ0v) is 10.2. The molecule has 2 rings (SSSR count). The third-order valence-corrected chi connectivity index (χ3v) is 5.22. The third-order valence-electron chi connectivity index (χ3n) is 3.00. The molecule has 0 atom stereocenters. The Bertz CT molecular complexity index is 376. The predicted molar refractivity (Wildman–Crippen MR) is 66.1 cm³/mol. The fourth-order valence-electron chi connectivity index (χ4n) is 1.90. The Kier molecular flexibility index (Phi) is 2.68. The van der Waals surface area contributed by atoms with Crippen molar-refractivity contribution in [3.63, 3.8) is 0 Å². The first-order valence-corrected chi connectivity index (χ1v) is 6.70. The van der Waals surface area contributed by atoms with E-state index >= 15 is 0 Å². The maximum absolute atomic E-state index is 2.33. The summed E-state index contributed by atoms with van der Waals surface area (Å²) in [4.78, 5) is 0. The largest absolute Gasteiger partial charge is 0.0806 e. The highest BCUT2D eigenvalue weighted by Crippen LogP contribution is 2.14. The van der Waals surface area contributed by atoms with Gasteiger partial charge in [0, 0.05) is 0 Å². The molecule has 0 aromatic heterocycles. The molecule has 0 aliphatic heterocycles. The molecule has 14 heavy (non-hydrogen) atoms. The number of allylic oxidation sites excluding steroid dienone is 4. The van der Waals surface area contributed by atoms with E-state index in [0.717, 1.165) is 5.54 Å². The highest BCUT2D eigenvalue weighted by molar-refractivity contribution is 6.56. The van der Waals surface area contributed by atoms with Crippen molar-refractivity contribution in [2.24, 2.45) is 0 Å². The van der Waals surface area contributed by atoms with Crippen LogP contribution in [0.2, 0.25) is 5.54 Å². The van der Waals surface area contributed by atoms with E-state index in [1.54, 1.807) is 5.19 Å². The van der Waals surface area contributed by atoms with Crippen LogP contribution < -0.4 is 5.19 Å². The van der Waals surface area contributed by atoms with Gasteiger partial charge in [0.2, 0.25) is 0 Å². The SMILES string of the molecule is Cc1cccc([SiH2]C2C=CC=C2)c1C. The van der Waals surface area contributed by atoms with Crippen LogP contribution in [0, 0.1) is 13.8 Å². The van der Waals surface area contributed by atoms with E-state index in [-0.39, 0.29) is 9.52 Å². The van der Waals surface area contributed by atoms with Gasteiger partial charge in [-0.15, -0.1) is 0 Å². The van der Waals surface area contributed by atoms with Crippen LogP contribution in [-0.2, 0) is 0 Å². The molecule has 0 radical (unpaired) electrons. The molecule has 1 aliphatic rings. The molecule has 0 fully saturated rings. The van der Waals surface area contributed by atoms with Crippen LogP contribution in [0.25, 0.3) is 0 Å². The van der Waals surface area contributed by atoms with Crippen LogP contribution in [0.5, 0.6) is 0 Å². The second-order valence-corrected chi connectivity index (χ2v) is 6.11. The van der Waals surface area contributed by atoms with Crippen LogP contribution in [0.15, 0.2) is 42.5 Å². The molecule has 0 heterocycles. The lowest BCUT2D eigenvalue weighted by molar-refractivity contribution is 1.35. The zero-order valence-electron chi connectivity index (χ0n) is 8.83. The summed E-state index contributed by atoms with van der Waals surface area (Å²) in [7, 11) is -0.159. The normalized spacial score (nSPS) is 16.1. The first-order valence-electron chi connectivity index (χ1n) is 5.17. The quantitative estimate of drug-likeness (QED) is 0.641. The molecule has 1 aliphatic carbocycles. The highest BCUT2D eigenvalue weighted by Gasteiger charge is 2.08. The molecular formula is C13H16Si. The number of benzene rings is 1. The average molecular weight is 200 g/mol. The van der Waals surface area contributed by atoms with E-state index < -0.39 is 0 Å². The molecule has 0 saturated heterocycles. The van der Waals surface area contributed by atoms with Crippen molar-refractivity contribution in [3.05, 3.63) is 53.6 Å². The average Bonchev–Trinajstić information content (AvgIpc) is 2.66. The van der Waals surface area contributed by atoms with Crippen LogP contribution >= 0.6 is 0 Å². The molecule has 1 aromatic carbocycles. The molecule has 0 spiro atoms. The van der Waals surface area contributed by atoms with Gasteiger partial charge in [-0.3, -0.25) is 0 Å². The molecule has 0 amide bonds. The molecular weight excluding hydrogens is 184 g/mol. The van der Waals surface area contributed by atoms with Gasteiger partial charge in [0.1, 0.15) is 0 Å². The van der Waals surface area contributed by atoms with Crippen LogP contribution in [-0.4, -0.2) is 9.52 Å². The predicted octanol–water partition coefficient (Wildman–Crippen LogP) is 2.01. The van der Waals surface area contributed by atoms with Crippen molar-refractivity contribution in [3.8, 4) is 0 Å². The van der Waals surface area contributed by atoms with Crippen molar-refractivity contribution < 1.29 is 0 Å². The lowest BCUT2D eigenvalue weighted by Gasteiger charge is -2.10. The summed E-state index contributed by atoms with van der Waals surface area (Å²) >= 11 is 0. The Morgan fingerprint density at radius 1 is 1.07 bits per heavy atom. The monoisotopic (exact) mass is 200 g/mol. The fraction of sp³-hybridized carbons (Fsp3) is 0.231. The topological polar surface area (TPSA) is 0 Å². The van der Waals surface area contributed by atoms with Gasteiger partial charge < -0.3 is 0 Å². The summed E-state index contributed by atoms with van der Waals surface area (Å²) in [5.74, 6) is 0. The maximum Gasteiger partial charge on any atom is 0.0667 e. The number of hydrogen-bond donors (Lipinski definition) is 0. The molecule has 0 bridgehead atoms. The minimum atomic E-state index is -0.159. The Hall–Kier alpha value is -1.08. The van der Waals surface area contributed by atoms with Crippen molar-refractivity contribution in [2.45, 2.75) is 19.4 Å². The Balaban J connectivity index is 2.20. The molecule has 0 nitrogen and oxygen atoms in total. The smallest absolute Gasteiger partial charge is 0.0667 e. The summed E-state index contributed by atoms with van der Waals surface area (Å²) in [6.45, 7) is 4.45. The lowest BCUT2D eigenvalue weighted by Crippen LogP contribution is -2.20. The van der Waals surface area contributed by atoms with E-state index in [9.17, 15) is 0 Å². The second-order valence-electron chi connectivity index (χ2n) is 4.00. The molecule has 0 unspecified atom stereocenters. The van der Waals surface area contributed by atoms with Crippen molar-refractivity contribution in [2.75, 3.05) is 0 Å². The Labute approximate surface area is 88.2 Å². The fourth-order valence-corrected chi connectivity index (χ4v) is 3.85. The summed E-state index contributed by atoms with van der Waals surface area (Å²) < 4.78 is 0. The van der Waals surface area contributed by atoms with Gasteiger partial charge >= 0.3 is 0 Å². The van der Waals surface area contributed by atoms with Crippen molar-refractivity contribution in [1.82, 2.24) is 0 Å². The minimum absolute atomic E-state index is 0.159. The first kappa shape index (κ1) is 9.47. The lowest BCUT2D eigenvalue weighted by atomic mass is 10.1. The summed E-state index contributed by atoms with van der Waals surface area (Å²) in [5, 5.41) is 1.62. The highest BCUT2D eigenvalue weighted by atomic mass is 28.2. The summed E-state index contributed by atoms with van der Waals surface area (Å²) in [5.41, 5.74) is 3.68. The number of rotatable bonds is 2. The second kappa shape index (κ2) is 3.97.